The molecule has 0 bridgehead atoms. The predicted octanol–water partition coefficient (Wildman–Crippen LogP) is 2.33. The molecule has 1 amide bonds. The highest BCUT2D eigenvalue weighted by Crippen LogP contribution is 2.43. The van der Waals surface area contributed by atoms with Crippen molar-refractivity contribution in [1.29, 1.82) is 0 Å². The van der Waals surface area contributed by atoms with E-state index in [4.69, 9.17) is 0 Å². The van der Waals surface area contributed by atoms with Gasteiger partial charge in [-0.2, -0.15) is 0 Å². The van der Waals surface area contributed by atoms with Crippen molar-refractivity contribution in [3.8, 4) is 0 Å². The van der Waals surface area contributed by atoms with Gasteiger partial charge in [-0.25, -0.2) is 0 Å². The number of likely N-dealkylation sites (tertiary alicyclic amines) is 1. The average Bonchev–Trinajstić information content (AvgIpc) is 2.92. The Morgan fingerprint density at radius 1 is 1.11 bits per heavy atom. The van der Waals surface area contributed by atoms with Crippen LogP contribution in [0.2, 0.25) is 0 Å². The summed E-state index contributed by atoms with van der Waals surface area (Å²) in [6.07, 6.45) is 6.21. The summed E-state index contributed by atoms with van der Waals surface area (Å²) in [5.41, 5.74) is -0.247. The fourth-order valence-corrected chi connectivity index (χ4v) is 3.98. The summed E-state index contributed by atoms with van der Waals surface area (Å²) in [5.74, 6) is -0.722. The van der Waals surface area contributed by atoms with Crippen molar-refractivity contribution in [2.24, 2.45) is 0 Å². The van der Waals surface area contributed by atoms with Crippen LogP contribution in [0.3, 0.4) is 0 Å². The number of para-hydroxylation sites is 1. The first-order valence-electron chi connectivity index (χ1n) is 9.39. The van der Waals surface area contributed by atoms with Crippen LogP contribution < -0.4 is 4.90 Å². The molecule has 6 heteroatoms. The van der Waals surface area contributed by atoms with Crippen LogP contribution in [0.1, 0.15) is 41.6 Å². The number of carbonyl (C=O) groups excluding carboxylic acids is 2. The van der Waals surface area contributed by atoms with Gasteiger partial charge in [-0.1, -0.05) is 24.6 Å². The molecule has 1 atom stereocenters. The minimum atomic E-state index is -1.83. The van der Waals surface area contributed by atoms with E-state index in [9.17, 15) is 14.7 Å². The van der Waals surface area contributed by atoms with Crippen LogP contribution in [0.5, 0.6) is 0 Å². The molecule has 2 aromatic rings. The van der Waals surface area contributed by atoms with Gasteiger partial charge in [0.05, 0.1) is 18.8 Å². The minimum Gasteiger partial charge on any atom is -0.375 e. The third-order valence-electron chi connectivity index (χ3n) is 5.43. The summed E-state index contributed by atoms with van der Waals surface area (Å²) in [6, 6.07) is 10.5. The number of hydrogen-bond acceptors (Lipinski definition) is 5. The van der Waals surface area contributed by atoms with Gasteiger partial charge in [-0.15, -0.1) is 0 Å². The SMILES string of the molecule is O=C(CC1(O)C(=O)N(CN2CCCCC2)c2ccccc21)c1cccnc1. The maximum Gasteiger partial charge on any atom is 0.265 e. The fraction of sp³-hybridized carbons (Fsp3) is 0.381. The number of fused-ring (bicyclic) bond motifs is 1. The highest BCUT2D eigenvalue weighted by atomic mass is 16.3. The molecule has 3 heterocycles. The first-order valence-corrected chi connectivity index (χ1v) is 9.39. The van der Waals surface area contributed by atoms with Gasteiger partial charge in [0.25, 0.3) is 5.91 Å². The number of amides is 1. The summed E-state index contributed by atoms with van der Waals surface area (Å²) in [5, 5.41) is 11.3. The van der Waals surface area contributed by atoms with E-state index in [2.05, 4.69) is 9.88 Å². The number of anilines is 1. The number of ketones is 1. The molecular weight excluding hydrogens is 342 g/mol. The van der Waals surface area contributed by atoms with Gasteiger partial charge in [0.2, 0.25) is 0 Å². The van der Waals surface area contributed by atoms with E-state index in [0.717, 1.165) is 25.9 Å². The number of benzene rings is 1. The molecule has 1 aromatic carbocycles. The smallest absolute Gasteiger partial charge is 0.265 e. The number of Topliss-reactive ketones (excluding diaryl/α,β-unsaturated/α-hetero) is 1. The van der Waals surface area contributed by atoms with E-state index in [1.807, 2.05) is 12.1 Å². The zero-order valence-corrected chi connectivity index (χ0v) is 15.2. The number of rotatable bonds is 5. The molecule has 0 radical (unpaired) electrons. The summed E-state index contributed by atoms with van der Waals surface area (Å²) >= 11 is 0. The molecule has 140 valence electrons. The number of aromatic nitrogens is 1. The number of nitrogens with zero attached hydrogens (tertiary/aromatic N) is 3. The lowest BCUT2D eigenvalue weighted by Crippen LogP contribution is -2.47. The number of pyridine rings is 1. The fourth-order valence-electron chi connectivity index (χ4n) is 3.98. The van der Waals surface area contributed by atoms with Gasteiger partial charge >= 0.3 is 0 Å². The van der Waals surface area contributed by atoms with Crippen LogP contribution in [0.15, 0.2) is 48.8 Å². The molecule has 2 aliphatic rings. The predicted molar refractivity (Wildman–Crippen MR) is 101 cm³/mol. The molecular formula is C21H23N3O3. The summed E-state index contributed by atoms with van der Waals surface area (Å²) in [6.45, 7) is 2.33. The van der Waals surface area contributed by atoms with Crippen molar-refractivity contribution >= 4 is 17.4 Å². The topological polar surface area (TPSA) is 73.7 Å². The number of aliphatic hydroxyl groups is 1. The molecule has 1 fully saturated rings. The van der Waals surface area contributed by atoms with Gasteiger partial charge in [0.15, 0.2) is 11.4 Å². The molecule has 27 heavy (non-hydrogen) atoms. The van der Waals surface area contributed by atoms with Crippen molar-refractivity contribution in [2.75, 3.05) is 24.7 Å². The van der Waals surface area contributed by atoms with Crippen LogP contribution in [0.4, 0.5) is 5.69 Å². The molecule has 2 aliphatic heterocycles. The standard InChI is InChI=1S/C21H23N3O3/c25-19(16-7-6-10-22-14-16)13-21(27)17-8-2-3-9-18(17)24(20(21)26)15-23-11-4-1-5-12-23/h2-3,6-10,14,27H,1,4-5,11-13,15H2. The first-order chi connectivity index (χ1) is 13.1. The summed E-state index contributed by atoms with van der Waals surface area (Å²) in [7, 11) is 0. The molecule has 1 unspecified atom stereocenters. The van der Waals surface area contributed by atoms with Gasteiger partial charge in [0, 0.05) is 23.5 Å². The van der Waals surface area contributed by atoms with Crippen molar-refractivity contribution in [3.05, 3.63) is 59.9 Å². The molecule has 0 saturated carbocycles. The third-order valence-corrected chi connectivity index (χ3v) is 5.43. The maximum absolute atomic E-state index is 13.2. The molecule has 1 saturated heterocycles. The van der Waals surface area contributed by atoms with Gasteiger partial charge in [0.1, 0.15) is 0 Å². The second-order valence-electron chi connectivity index (χ2n) is 7.27. The Labute approximate surface area is 158 Å². The Hall–Kier alpha value is -2.57. The van der Waals surface area contributed by atoms with E-state index in [1.165, 1.54) is 12.6 Å². The molecule has 4 rings (SSSR count). The highest BCUT2D eigenvalue weighted by Gasteiger charge is 2.51. The highest BCUT2D eigenvalue weighted by molar-refractivity contribution is 6.10. The normalized spacial score (nSPS) is 22.7. The Kier molecular flexibility index (Phi) is 4.76. The maximum atomic E-state index is 13.2. The van der Waals surface area contributed by atoms with E-state index >= 15 is 0 Å². The Bertz CT molecular complexity index is 849. The minimum absolute atomic E-state index is 0.287. The van der Waals surface area contributed by atoms with Gasteiger partial charge in [-0.05, 0) is 44.1 Å². The largest absolute Gasteiger partial charge is 0.375 e. The number of carbonyl (C=O) groups is 2. The van der Waals surface area contributed by atoms with E-state index in [1.54, 1.807) is 35.4 Å². The van der Waals surface area contributed by atoms with Gasteiger partial charge in [-0.3, -0.25) is 24.4 Å². The van der Waals surface area contributed by atoms with Crippen LogP contribution in [-0.4, -0.2) is 46.4 Å². The Morgan fingerprint density at radius 3 is 2.63 bits per heavy atom. The quantitative estimate of drug-likeness (QED) is 0.824. The molecule has 0 aliphatic carbocycles. The first kappa shape index (κ1) is 17.8. The van der Waals surface area contributed by atoms with Crippen molar-refractivity contribution in [2.45, 2.75) is 31.3 Å². The zero-order chi connectivity index (χ0) is 18.9. The second kappa shape index (κ2) is 7.21. The third kappa shape index (κ3) is 3.26. The molecule has 1 N–H and O–H groups in total. The van der Waals surface area contributed by atoms with E-state index in [-0.39, 0.29) is 12.2 Å². The van der Waals surface area contributed by atoms with Crippen molar-refractivity contribution in [1.82, 2.24) is 9.88 Å². The van der Waals surface area contributed by atoms with Crippen LogP contribution in [0.25, 0.3) is 0 Å². The summed E-state index contributed by atoms with van der Waals surface area (Å²) < 4.78 is 0. The van der Waals surface area contributed by atoms with Crippen LogP contribution in [0, 0.1) is 0 Å². The Balaban J connectivity index is 1.62. The monoisotopic (exact) mass is 365 g/mol. The van der Waals surface area contributed by atoms with E-state index in [0.29, 0.717) is 23.5 Å². The number of piperidine rings is 1. The Morgan fingerprint density at radius 2 is 1.89 bits per heavy atom. The lowest BCUT2D eigenvalue weighted by molar-refractivity contribution is -0.136. The average molecular weight is 365 g/mol. The van der Waals surface area contributed by atoms with E-state index < -0.39 is 11.5 Å². The molecule has 6 nitrogen and oxygen atoms in total. The van der Waals surface area contributed by atoms with Crippen molar-refractivity contribution < 1.29 is 14.7 Å². The lowest BCUT2D eigenvalue weighted by Gasteiger charge is -2.31. The van der Waals surface area contributed by atoms with Crippen LogP contribution >= 0.6 is 0 Å². The summed E-state index contributed by atoms with van der Waals surface area (Å²) in [4.78, 5) is 33.7. The second-order valence-corrected chi connectivity index (χ2v) is 7.27. The van der Waals surface area contributed by atoms with Crippen molar-refractivity contribution in [3.63, 3.8) is 0 Å². The number of hydrogen-bond donors (Lipinski definition) is 1. The lowest BCUT2D eigenvalue weighted by atomic mass is 9.88. The zero-order valence-electron chi connectivity index (χ0n) is 15.2. The van der Waals surface area contributed by atoms with Crippen LogP contribution in [-0.2, 0) is 10.4 Å². The van der Waals surface area contributed by atoms with Gasteiger partial charge < -0.3 is 5.11 Å². The molecule has 1 aromatic heterocycles. The molecule has 0 spiro atoms.